The molecule has 0 saturated carbocycles. The number of hydrogen-bond acceptors (Lipinski definition) is 15. The third kappa shape index (κ3) is 66.8. The zero-order valence-corrected chi connectivity index (χ0v) is 60.9. The zero-order chi connectivity index (χ0) is 69.0. The Labute approximate surface area is 570 Å². The van der Waals surface area contributed by atoms with Gasteiger partial charge in [-0.15, -0.1) is 0 Å². The van der Waals surface area contributed by atoms with E-state index in [4.69, 9.17) is 37.0 Å². The fourth-order valence-electron chi connectivity index (χ4n) is 9.72. The number of aliphatic hydroxyl groups excluding tert-OH is 1. The van der Waals surface area contributed by atoms with Crippen molar-refractivity contribution in [2.24, 2.45) is 0 Å². The predicted molar refractivity (Wildman–Crippen MR) is 381 cm³/mol. The van der Waals surface area contributed by atoms with Crippen LogP contribution in [-0.4, -0.2) is 96.7 Å². The maximum absolute atomic E-state index is 13.0. The molecule has 3 N–H and O–H groups in total. The Morgan fingerprint density at radius 1 is 0.309 bits per heavy atom. The minimum Gasteiger partial charge on any atom is -0.462 e. The molecule has 19 heteroatoms. The number of phosphoric acid groups is 2. The van der Waals surface area contributed by atoms with E-state index in [0.717, 1.165) is 180 Å². The van der Waals surface area contributed by atoms with Crippen LogP contribution in [-0.2, 0) is 65.4 Å². The van der Waals surface area contributed by atoms with Crippen molar-refractivity contribution in [3.63, 3.8) is 0 Å². The quantitative estimate of drug-likeness (QED) is 0.0169. The molecular formula is C75H132O17P2. The van der Waals surface area contributed by atoms with Gasteiger partial charge in [0.05, 0.1) is 26.4 Å². The molecule has 0 aromatic rings. The van der Waals surface area contributed by atoms with E-state index in [9.17, 15) is 43.2 Å². The number of phosphoric ester groups is 2. The van der Waals surface area contributed by atoms with Gasteiger partial charge in [0, 0.05) is 25.7 Å². The molecule has 0 saturated heterocycles. The number of allylic oxidation sites excluding steroid dienone is 14. The van der Waals surface area contributed by atoms with Crippen molar-refractivity contribution in [1.29, 1.82) is 0 Å². The normalized spacial score (nSPS) is 14.5. The summed E-state index contributed by atoms with van der Waals surface area (Å²) in [6, 6.07) is 0. The number of rotatable bonds is 69. The highest BCUT2D eigenvalue weighted by Crippen LogP contribution is 2.45. The standard InChI is InChI=1S/C75H132O17P2/c1-5-9-13-17-21-25-29-33-34-38-40-44-48-52-56-60-73(78)86-66-71(92-75(80)62-58-54-50-46-42-37-32-28-24-20-16-12-8-4)68-90-94(83,84)88-64-69(76)63-87-93(81,82)89-67-70(91-74(79)61-57-53-49-45-41-36-31-27-23-19-15-11-7-3)65-85-72(77)59-55-51-47-43-39-35-30-26-22-18-14-10-6-2/h9,13-14,16,18,20-21,25-26,28,30,32-34,69-71,76H,5-8,10-12,15,17,19,22-24,27,29,31,35-68H2,1-4H3,(H,81,82)(H,83,84)/b13-9-,18-14-,20-16-,25-21-,30-26-,32-28-,34-33-. The Morgan fingerprint density at radius 3 is 0.894 bits per heavy atom. The van der Waals surface area contributed by atoms with Gasteiger partial charge in [-0.05, 0) is 109 Å². The van der Waals surface area contributed by atoms with Gasteiger partial charge in [0.2, 0.25) is 0 Å². The first kappa shape index (κ1) is 90.2. The highest BCUT2D eigenvalue weighted by Gasteiger charge is 2.30. The maximum Gasteiger partial charge on any atom is 0.472 e. The van der Waals surface area contributed by atoms with Gasteiger partial charge in [0.1, 0.15) is 19.3 Å². The second-order valence-corrected chi connectivity index (χ2v) is 27.4. The molecule has 0 aromatic carbocycles. The predicted octanol–water partition coefficient (Wildman–Crippen LogP) is 20.7. The van der Waals surface area contributed by atoms with Crippen molar-refractivity contribution in [3.05, 3.63) is 85.1 Å². The molecule has 0 amide bonds. The third-order valence-electron chi connectivity index (χ3n) is 15.3. The summed E-state index contributed by atoms with van der Waals surface area (Å²) in [4.78, 5) is 72.7. The van der Waals surface area contributed by atoms with Crippen molar-refractivity contribution >= 4 is 39.5 Å². The first-order valence-corrected chi connectivity index (χ1v) is 39.8. The minimum absolute atomic E-state index is 0.0755. The van der Waals surface area contributed by atoms with E-state index in [1.807, 2.05) is 0 Å². The Bertz CT molecular complexity index is 2120. The van der Waals surface area contributed by atoms with Crippen LogP contribution in [0.4, 0.5) is 0 Å². The molecule has 5 unspecified atom stereocenters. The monoisotopic (exact) mass is 1370 g/mol. The van der Waals surface area contributed by atoms with Crippen LogP contribution in [0.5, 0.6) is 0 Å². The van der Waals surface area contributed by atoms with Crippen molar-refractivity contribution in [2.75, 3.05) is 39.6 Å². The minimum atomic E-state index is -4.97. The average Bonchev–Trinajstić information content (AvgIpc) is 1.67. The fraction of sp³-hybridized carbons (Fsp3) is 0.760. The van der Waals surface area contributed by atoms with E-state index in [-0.39, 0.29) is 25.7 Å². The van der Waals surface area contributed by atoms with Crippen LogP contribution < -0.4 is 0 Å². The lowest BCUT2D eigenvalue weighted by molar-refractivity contribution is -0.161. The van der Waals surface area contributed by atoms with Gasteiger partial charge in [0.15, 0.2) is 12.2 Å². The van der Waals surface area contributed by atoms with E-state index in [2.05, 4.69) is 113 Å². The van der Waals surface area contributed by atoms with Crippen LogP contribution in [0, 0.1) is 0 Å². The van der Waals surface area contributed by atoms with Gasteiger partial charge in [-0.2, -0.15) is 0 Å². The Morgan fingerprint density at radius 2 is 0.574 bits per heavy atom. The number of hydrogen-bond donors (Lipinski definition) is 3. The lowest BCUT2D eigenvalue weighted by atomic mass is 10.0. The van der Waals surface area contributed by atoms with Gasteiger partial charge in [-0.1, -0.05) is 260 Å². The molecule has 0 rings (SSSR count). The first-order valence-electron chi connectivity index (χ1n) is 36.8. The molecule has 0 fully saturated rings. The summed E-state index contributed by atoms with van der Waals surface area (Å²) in [5.74, 6) is -2.21. The second kappa shape index (κ2) is 67.8. The number of aliphatic hydroxyl groups is 1. The molecule has 544 valence electrons. The number of esters is 4. The van der Waals surface area contributed by atoms with Gasteiger partial charge in [0.25, 0.3) is 0 Å². The topological polar surface area (TPSA) is 237 Å². The zero-order valence-electron chi connectivity index (χ0n) is 59.1. The van der Waals surface area contributed by atoms with E-state index in [1.54, 1.807) is 0 Å². The molecule has 17 nitrogen and oxygen atoms in total. The van der Waals surface area contributed by atoms with E-state index >= 15 is 0 Å². The van der Waals surface area contributed by atoms with E-state index in [1.165, 1.54) is 51.4 Å². The number of carbonyl (C=O) groups is 4. The van der Waals surface area contributed by atoms with Gasteiger partial charge in [-0.25, -0.2) is 9.13 Å². The summed E-state index contributed by atoms with van der Waals surface area (Å²) < 4.78 is 68.3. The summed E-state index contributed by atoms with van der Waals surface area (Å²) in [5, 5.41) is 10.6. The molecule has 0 radical (unpaired) electrons. The molecular weight excluding hydrogens is 1230 g/mol. The summed E-state index contributed by atoms with van der Waals surface area (Å²) in [6.45, 7) is 4.60. The average molecular weight is 1370 g/mol. The van der Waals surface area contributed by atoms with Crippen LogP contribution in [0.3, 0.4) is 0 Å². The molecule has 0 spiro atoms. The van der Waals surface area contributed by atoms with Gasteiger partial charge < -0.3 is 33.8 Å². The number of carbonyl (C=O) groups excluding carboxylic acids is 4. The number of ether oxygens (including phenoxy) is 4. The Balaban J connectivity index is 5.34. The summed E-state index contributed by atoms with van der Waals surface area (Å²) in [7, 11) is -9.94. The molecule has 0 aromatic heterocycles. The lowest BCUT2D eigenvalue weighted by Crippen LogP contribution is -2.30. The second-order valence-electron chi connectivity index (χ2n) is 24.5. The fourth-order valence-corrected chi connectivity index (χ4v) is 11.3. The smallest absolute Gasteiger partial charge is 0.462 e. The van der Waals surface area contributed by atoms with Gasteiger partial charge >= 0.3 is 39.5 Å². The largest absolute Gasteiger partial charge is 0.472 e. The first-order chi connectivity index (χ1) is 45.7. The SMILES string of the molecule is CC/C=C\C/C=C\C/C=C\CCCCCCCC(=O)OCC(COP(=O)(O)OCC(O)COP(=O)(O)OCC(COC(=O)CCCCCCC/C=C\C/C=C\CCC)OC(=O)CCCCCCCCCCCCCCC)OC(=O)CCCCCCC/C=C\C/C=C\CCC. The van der Waals surface area contributed by atoms with E-state index in [0.29, 0.717) is 25.7 Å². The van der Waals surface area contributed by atoms with Crippen molar-refractivity contribution in [2.45, 2.75) is 329 Å². The number of unbranched alkanes of at least 4 members (excludes halogenated alkanes) is 29. The molecule has 5 atom stereocenters. The van der Waals surface area contributed by atoms with Crippen molar-refractivity contribution < 1.29 is 80.2 Å². The summed E-state index contributed by atoms with van der Waals surface area (Å²) in [6.07, 6.45) is 67.2. The van der Waals surface area contributed by atoms with E-state index < -0.39 is 97.5 Å². The molecule has 0 aliphatic carbocycles. The third-order valence-corrected chi connectivity index (χ3v) is 17.2. The molecule has 94 heavy (non-hydrogen) atoms. The summed E-state index contributed by atoms with van der Waals surface area (Å²) >= 11 is 0. The highest BCUT2D eigenvalue weighted by molar-refractivity contribution is 7.47. The van der Waals surface area contributed by atoms with Crippen LogP contribution >= 0.6 is 15.6 Å². The highest BCUT2D eigenvalue weighted by atomic mass is 31.2. The van der Waals surface area contributed by atoms with Crippen LogP contribution in [0.15, 0.2) is 85.1 Å². The molecule has 0 aliphatic heterocycles. The molecule has 0 aliphatic rings. The van der Waals surface area contributed by atoms with Crippen LogP contribution in [0.2, 0.25) is 0 Å². The maximum atomic E-state index is 13.0. The van der Waals surface area contributed by atoms with Gasteiger partial charge in [-0.3, -0.25) is 37.3 Å². The van der Waals surface area contributed by atoms with Crippen LogP contribution in [0.25, 0.3) is 0 Å². The molecule has 0 bridgehead atoms. The Kier molecular flexibility index (Phi) is 65.1. The van der Waals surface area contributed by atoms with Crippen LogP contribution in [0.1, 0.15) is 310 Å². The van der Waals surface area contributed by atoms with Crippen molar-refractivity contribution in [1.82, 2.24) is 0 Å². The van der Waals surface area contributed by atoms with Crippen molar-refractivity contribution in [3.8, 4) is 0 Å². The molecule has 0 heterocycles. The summed E-state index contributed by atoms with van der Waals surface area (Å²) in [5.41, 5.74) is 0. The Hall–Kier alpha value is -3.76. The lowest BCUT2D eigenvalue weighted by Gasteiger charge is -2.21.